The molecule has 1 fully saturated rings. The molecule has 1 aliphatic rings. The molecule has 2 atom stereocenters. The van der Waals surface area contributed by atoms with E-state index in [1.54, 1.807) is 18.2 Å². The summed E-state index contributed by atoms with van der Waals surface area (Å²) in [6, 6.07) is 16.5. The lowest BCUT2D eigenvalue weighted by atomic mass is 10.1. The van der Waals surface area contributed by atoms with Crippen molar-refractivity contribution < 1.29 is 14.0 Å². The van der Waals surface area contributed by atoms with Gasteiger partial charge < -0.3 is 10.6 Å². The van der Waals surface area contributed by atoms with E-state index in [1.165, 1.54) is 23.4 Å². The average molecular weight is 416 g/mol. The lowest BCUT2D eigenvalue weighted by Crippen LogP contribution is -2.55. The van der Waals surface area contributed by atoms with E-state index < -0.39 is 0 Å². The number of nitrogens with one attached hydrogen (secondary N) is 3. The quantitative estimate of drug-likeness (QED) is 0.551. The van der Waals surface area contributed by atoms with Crippen molar-refractivity contribution in [3.05, 3.63) is 71.5 Å². The van der Waals surface area contributed by atoms with Crippen LogP contribution in [-0.4, -0.2) is 29.9 Å². The predicted octanol–water partition coefficient (Wildman–Crippen LogP) is 2.96. The molecule has 0 spiro atoms. The summed E-state index contributed by atoms with van der Waals surface area (Å²) in [6.45, 7) is 0.609. The summed E-state index contributed by atoms with van der Waals surface area (Å²) in [7, 11) is 0. The maximum absolute atomic E-state index is 13.8. The van der Waals surface area contributed by atoms with Crippen molar-refractivity contribution in [3.8, 4) is 0 Å². The second kappa shape index (κ2) is 11.0. The van der Waals surface area contributed by atoms with Crippen LogP contribution in [0.3, 0.4) is 0 Å². The van der Waals surface area contributed by atoms with Crippen molar-refractivity contribution in [1.82, 2.24) is 16.0 Å². The summed E-state index contributed by atoms with van der Waals surface area (Å²) in [5.74, 6) is 0.0107. The molecule has 3 rings (SSSR count). The van der Waals surface area contributed by atoms with Crippen LogP contribution in [0, 0.1) is 5.82 Å². The molecule has 2 unspecified atom stereocenters. The van der Waals surface area contributed by atoms with Gasteiger partial charge in [0.1, 0.15) is 11.3 Å². The van der Waals surface area contributed by atoms with Crippen molar-refractivity contribution in [3.63, 3.8) is 0 Å². The monoisotopic (exact) mass is 415 g/mol. The molecule has 5 nitrogen and oxygen atoms in total. The van der Waals surface area contributed by atoms with Crippen LogP contribution in [0.1, 0.15) is 30.4 Å². The molecular formula is C22H26FN3O2S. The van der Waals surface area contributed by atoms with Crippen LogP contribution in [0.2, 0.25) is 0 Å². The third-order valence-corrected chi connectivity index (χ3v) is 5.78. The first-order valence-corrected chi connectivity index (χ1v) is 10.9. The van der Waals surface area contributed by atoms with E-state index in [4.69, 9.17) is 0 Å². The first-order valence-electron chi connectivity index (χ1n) is 9.81. The number of thioether (sulfide) groups is 1. The number of carbonyl (C=O) groups excluding carboxylic acids is 2. The number of rotatable bonds is 9. The Labute approximate surface area is 174 Å². The molecule has 0 aliphatic carbocycles. The number of benzene rings is 2. The maximum atomic E-state index is 13.8. The average Bonchev–Trinajstić information content (AvgIpc) is 2.71. The summed E-state index contributed by atoms with van der Waals surface area (Å²) in [5, 5.41) is 9.04. The molecule has 1 saturated heterocycles. The van der Waals surface area contributed by atoms with Crippen molar-refractivity contribution in [2.75, 3.05) is 6.54 Å². The van der Waals surface area contributed by atoms with Crippen LogP contribution in [0.4, 0.5) is 4.39 Å². The Balaban J connectivity index is 1.38. The van der Waals surface area contributed by atoms with Crippen LogP contribution in [0.15, 0.2) is 54.6 Å². The van der Waals surface area contributed by atoms with Gasteiger partial charge in [-0.3, -0.25) is 14.9 Å². The number of carbonyl (C=O) groups is 2. The molecule has 2 amide bonds. The summed E-state index contributed by atoms with van der Waals surface area (Å²) >= 11 is 1.40. The van der Waals surface area contributed by atoms with Gasteiger partial charge in [-0.2, -0.15) is 0 Å². The van der Waals surface area contributed by atoms with E-state index in [0.29, 0.717) is 17.9 Å². The van der Waals surface area contributed by atoms with E-state index in [-0.39, 0.29) is 42.0 Å². The molecule has 154 valence electrons. The van der Waals surface area contributed by atoms with E-state index >= 15 is 0 Å². The Hall–Kier alpha value is -2.38. The minimum Gasteiger partial charge on any atom is -0.356 e. The van der Waals surface area contributed by atoms with Gasteiger partial charge in [-0.05, 0) is 30.0 Å². The fourth-order valence-corrected chi connectivity index (χ4v) is 4.30. The topological polar surface area (TPSA) is 70.2 Å². The second-order valence-corrected chi connectivity index (χ2v) is 8.15. The van der Waals surface area contributed by atoms with Gasteiger partial charge in [0.15, 0.2) is 0 Å². The minimum absolute atomic E-state index is 0.0666. The molecule has 3 N–H and O–H groups in total. The van der Waals surface area contributed by atoms with Crippen molar-refractivity contribution >= 4 is 23.6 Å². The molecule has 1 heterocycles. The number of amides is 2. The van der Waals surface area contributed by atoms with Crippen LogP contribution in [0.25, 0.3) is 0 Å². The van der Waals surface area contributed by atoms with Crippen molar-refractivity contribution in [2.45, 2.75) is 43.0 Å². The molecule has 0 saturated carbocycles. The van der Waals surface area contributed by atoms with Gasteiger partial charge in [-0.1, -0.05) is 48.5 Å². The fourth-order valence-electron chi connectivity index (χ4n) is 3.21. The van der Waals surface area contributed by atoms with E-state index in [9.17, 15) is 14.0 Å². The largest absolute Gasteiger partial charge is 0.356 e. The van der Waals surface area contributed by atoms with Gasteiger partial charge in [0, 0.05) is 31.2 Å². The van der Waals surface area contributed by atoms with Crippen LogP contribution >= 0.6 is 11.8 Å². The van der Waals surface area contributed by atoms with Crippen LogP contribution in [0.5, 0.6) is 0 Å². The standard InChI is InChI=1S/C22H26FN3O2S/c23-19-11-5-4-10-17(19)15-29-22-25-18(14-21(28)26-22)13-20(27)24-12-6-9-16-7-2-1-3-8-16/h1-5,7-8,10-11,18,22,25H,6,9,12-15H2,(H,24,27)(H,26,28). The van der Waals surface area contributed by atoms with Gasteiger partial charge in [0.25, 0.3) is 0 Å². The zero-order chi connectivity index (χ0) is 20.5. The molecule has 0 aromatic heterocycles. The van der Waals surface area contributed by atoms with Gasteiger partial charge in [0.05, 0.1) is 0 Å². The highest BCUT2D eigenvalue weighted by atomic mass is 32.2. The molecule has 0 bridgehead atoms. The van der Waals surface area contributed by atoms with Crippen LogP contribution in [-0.2, 0) is 21.8 Å². The smallest absolute Gasteiger partial charge is 0.223 e. The normalized spacial score (nSPS) is 18.9. The SMILES string of the molecule is O=C(CC1CC(=O)NC(SCc2ccccc2F)N1)NCCCc1ccccc1. The first-order chi connectivity index (χ1) is 14.1. The lowest BCUT2D eigenvalue weighted by molar-refractivity contribution is -0.125. The van der Waals surface area contributed by atoms with Crippen LogP contribution < -0.4 is 16.0 Å². The Bertz CT molecular complexity index is 819. The highest BCUT2D eigenvalue weighted by Crippen LogP contribution is 2.20. The number of halogens is 1. The van der Waals surface area contributed by atoms with E-state index in [1.807, 2.05) is 18.2 Å². The summed E-state index contributed by atoms with van der Waals surface area (Å²) < 4.78 is 13.8. The zero-order valence-corrected chi connectivity index (χ0v) is 17.0. The predicted molar refractivity (Wildman–Crippen MR) is 114 cm³/mol. The van der Waals surface area contributed by atoms with E-state index in [2.05, 4.69) is 28.1 Å². The highest BCUT2D eigenvalue weighted by Gasteiger charge is 2.27. The van der Waals surface area contributed by atoms with Gasteiger partial charge in [0.2, 0.25) is 11.8 Å². The second-order valence-electron chi connectivity index (χ2n) is 7.06. The van der Waals surface area contributed by atoms with E-state index in [0.717, 1.165) is 12.8 Å². The Morgan fingerprint density at radius 2 is 1.90 bits per heavy atom. The minimum atomic E-state index is -0.341. The third kappa shape index (κ3) is 7.18. The number of hydrogen-bond donors (Lipinski definition) is 3. The Morgan fingerprint density at radius 1 is 1.14 bits per heavy atom. The molecule has 1 aliphatic heterocycles. The summed E-state index contributed by atoms with van der Waals surface area (Å²) in [5.41, 5.74) is 1.50. The summed E-state index contributed by atoms with van der Waals surface area (Å²) in [6.07, 6.45) is 2.29. The van der Waals surface area contributed by atoms with Crippen molar-refractivity contribution in [1.29, 1.82) is 0 Å². The van der Waals surface area contributed by atoms with Crippen molar-refractivity contribution in [2.24, 2.45) is 0 Å². The third-order valence-electron chi connectivity index (χ3n) is 4.71. The molecule has 2 aromatic carbocycles. The maximum Gasteiger partial charge on any atom is 0.223 e. The molecule has 2 aromatic rings. The highest BCUT2D eigenvalue weighted by molar-refractivity contribution is 7.99. The van der Waals surface area contributed by atoms with Gasteiger partial charge in [-0.15, -0.1) is 11.8 Å². The summed E-state index contributed by atoms with van der Waals surface area (Å²) in [4.78, 5) is 24.2. The first kappa shape index (κ1) is 21.3. The van der Waals surface area contributed by atoms with Gasteiger partial charge in [-0.25, -0.2) is 4.39 Å². The number of aryl methyl sites for hydroxylation is 1. The molecule has 7 heteroatoms. The molecule has 0 radical (unpaired) electrons. The lowest BCUT2D eigenvalue weighted by Gasteiger charge is -2.31. The number of hydrogen-bond acceptors (Lipinski definition) is 4. The molecular weight excluding hydrogens is 389 g/mol. The Kier molecular flexibility index (Phi) is 8.07. The fraction of sp³-hybridized carbons (Fsp3) is 0.364. The Morgan fingerprint density at radius 3 is 2.69 bits per heavy atom. The van der Waals surface area contributed by atoms with Gasteiger partial charge >= 0.3 is 0 Å². The zero-order valence-electron chi connectivity index (χ0n) is 16.2. The molecule has 29 heavy (non-hydrogen) atoms.